The number of aromatic nitrogens is 2. The molecule has 174 valence electrons. The summed E-state index contributed by atoms with van der Waals surface area (Å²) in [5.74, 6) is -0.188. The summed E-state index contributed by atoms with van der Waals surface area (Å²) in [6.45, 7) is 4.94. The molecule has 1 fully saturated rings. The number of rotatable bonds is 8. The fraction of sp³-hybridized carbons (Fsp3) is 0.333. The van der Waals surface area contributed by atoms with Crippen molar-refractivity contribution in [2.45, 2.75) is 43.7 Å². The Labute approximate surface area is 194 Å². The van der Waals surface area contributed by atoms with Gasteiger partial charge in [0.2, 0.25) is 15.9 Å². The molecule has 3 aromatic rings. The van der Waals surface area contributed by atoms with Gasteiger partial charge in [-0.1, -0.05) is 12.1 Å². The zero-order valence-corrected chi connectivity index (χ0v) is 19.6. The topological polar surface area (TPSA) is 96.3 Å². The van der Waals surface area contributed by atoms with E-state index in [0.29, 0.717) is 18.8 Å². The summed E-state index contributed by atoms with van der Waals surface area (Å²) in [5, 5.41) is 6.16. The second kappa shape index (κ2) is 9.86. The first-order chi connectivity index (χ1) is 15.8. The summed E-state index contributed by atoms with van der Waals surface area (Å²) >= 11 is 0. The number of anilines is 1. The average molecular weight is 468 g/mol. The van der Waals surface area contributed by atoms with Crippen LogP contribution >= 0.6 is 0 Å². The Bertz CT molecular complexity index is 1170. The molecule has 2 N–H and O–H groups in total. The molecule has 9 heteroatoms. The summed E-state index contributed by atoms with van der Waals surface area (Å²) in [6.07, 6.45) is 7.16. The molecule has 2 atom stereocenters. The van der Waals surface area contributed by atoms with Gasteiger partial charge in [0.15, 0.2) is 0 Å². The van der Waals surface area contributed by atoms with Crippen LogP contribution < -0.4 is 10.6 Å². The van der Waals surface area contributed by atoms with E-state index in [1.807, 2.05) is 42.0 Å². The lowest BCUT2D eigenvalue weighted by molar-refractivity contribution is -0.117. The molecule has 4 rings (SSSR count). The second-order valence-electron chi connectivity index (χ2n) is 8.30. The summed E-state index contributed by atoms with van der Waals surface area (Å²) in [7, 11) is -3.46. The summed E-state index contributed by atoms with van der Waals surface area (Å²) < 4.78 is 28.7. The predicted octanol–water partition coefficient (Wildman–Crippen LogP) is 3.33. The Balaban J connectivity index is 1.33. The highest BCUT2D eigenvalue weighted by Crippen LogP contribution is 2.22. The van der Waals surface area contributed by atoms with E-state index in [9.17, 15) is 13.2 Å². The van der Waals surface area contributed by atoms with Crippen molar-refractivity contribution >= 4 is 21.6 Å². The lowest BCUT2D eigenvalue weighted by Crippen LogP contribution is -2.39. The Hall–Kier alpha value is -3.01. The lowest BCUT2D eigenvalue weighted by Gasteiger charge is -2.20. The maximum atomic E-state index is 12.7. The quantitative estimate of drug-likeness (QED) is 0.530. The summed E-state index contributed by atoms with van der Waals surface area (Å²) in [6, 6.07) is 14.0. The minimum absolute atomic E-state index is 0.0319. The zero-order valence-electron chi connectivity index (χ0n) is 18.8. The normalized spacial score (nSPS) is 16.4. The number of benzene rings is 2. The fourth-order valence-electron chi connectivity index (χ4n) is 3.93. The van der Waals surface area contributed by atoms with Crippen molar-refractivity contribution in [3.8, 4) is 5.69 Å². The molecule has 1 aliphatic rings. The summed E-state index contributed by atoms with van der Waals surface area (Å²) in [4.78, 5) is 17.0. The number of nitrogens with one attached hydrogen (secondary N) is 2. The third kappa shape index (κ3) is 5.32. The molecule has 0 radical (unpaired) electrons. The number of carbonyl (C=O) groups is 1. The van der Waals surface area contributed by atoms with Gasteiger partial charge in [0.05, 0.1) is 17.3 Å². The molecule has 1 aromatic heterocycles. The second-order valence-corrected chi connectivity index (χ2v) is 10.2. The van der Waals surface area contributed by atoms with Crippen LogP contribution in [-0.2, 0) is 14.8 Å². The molecule has 1 amide bonds. The van der Waals surface area contributed by atoms with Gasteiger partial charge in [0.25, 0.3) is 0 Å². The smallest absolute Gasteiger partial charge is 0.243 e. The highest BCUT2D eigenvalue weighted by Gasteiger charge is 2.27. The average Bonchev–Trinajstić information content (AvgIpc) is 3.54. The molecule has 0 bridgehead atoms. The van der Waals surface area contributed by atoms with Gasteiger partial charge in [-0.15, -0.1) is 0 Å². The van der Waals surface area contributed by atoms with Gasteiger partial charge in [0, 0.05) is 42.9 Å². The van der Waals surface area contributed by atoms with Crippen LogP contribution in [0.5, 0.6) is 0 Å². The molecule has 1 aliphatic heterocycles. The zero-order chi connectivity index (χ0) is 23.4. The molecule has 2 unspecified atom stereocenters. The minimum Gasteiger partial charge on any atom is -0.325 e. The van der Waals surface area contributed by atoms with Gasteiger partial charge in [-0.25, -0.2) is 13.4 Å². The minimum atomic E-state index is -3.46. The molecule has 2 aromatic carbocycles. The molecule has 0 spiro atoms. The first-order valence-corrected chi connectivity index (χ1v) is 12.5. The third-order valence-electron chi connectivity index (χ3n) is 5.91. The molecule has 33 heavy (non-hydrogen) atoms. The Kier molecular flexibility index (Phi) is 6.92. The van der Waals surface area contributed by atoms with Crippen LogP contribution in [0.4, 0.5) is 5.69 Å². The van der Waals surface area contributed by atoms with Crippen LogP contribution in [0, 0.1) is 0 Å². The molecular weight excluding hydrogens is 438 g/mol. The molecule has 0 saturated carbocycles. The van der Waals surface area contributed by atoms with Gasteiger partial charge >= 0.3 is 0 Å². The number of carbonyl (C=O) groups excluding carboxylic acids is 1. The Morgan fingerprint density at radius 2 is 1.67 bits per heavy atom. The van der Waals surface area contributed by atoms with E-state index < -0.39 is 16.1 Å². The van der Waals surface area contributed by atoms with Gasteiger partial charge < -0.3 is 9.88 Å². The highest BCUT2D eigenvalue weighted by molar-refractivity contribution is 7.89. The van der Waals surface area contributed by atoms with E-state index >= 15 is 0 Å². The van der Waals surface area contributed by atoms with E-state index in [1.54, 1.807) is 43.7 Å². The number of nitrogens with zero attached hydrogens (tertiary/aromatic N) is 3. The van der Waals surface area contributed by atoms with Crippen LogP contribution in [-0.4, -0.2) is 47.3 Å². The van der Waals surface area contributed by atoms with Crippen LogP contribution in [0.15, 0.2) is 72.1 Å². The monoisotopic (exact) mass is 467 g/mol. The number of sulfonamides is 1. The Morgan fingerprint density at radius 1 is 1.00 bits per heavy atom. The van der Waals surface area contributed by atoms with Crippen molar-refractivity contribution in [1.82, 2.24) is 19.2 Å². The van der Waals surface area contributed by atoms with Crippen molar-refractivity contribution in [3.63, 3.8) is 0 Å². The number of imidazole rings is 1. The van der Waals surface area contributed by atoms with Gasteiger partial charge in [-0.05, 0) is 68.7 Å². The molecule has 0 aliphatic carbocycles. The number of hydrogen-bond acceptors (Lipinski definition) is 5. The predicted molar refractivity (Wildman–Crippen MR) is 128 cm³/mol. The van der Waals surface area contributed by atoms with E-state index in [4.69, 9.17) is 0 Å². The van der Waals surface area contributed by atoms with Gasteiger partial charge in [0.1, 0.15) is 0 Å². The first-order valence-electron chi connectivity index (χ1n) is 11.1. The SMILES string of the molecule is CC(NC(C)c1ccc(-n2ccnc2)cc1)C(=O)Nc1ccc(S(=O)(=O)N2CCCC2)cc1. The van der Waals surface area contributed by atoms with Crippen molar-refractivity contribution in [2.75, 3.05) is 18.4 Å². The summed E-state index contributed by atoms with van der Waals surface area (Å²) in [5.41, 5.74) is 2.64. The standard InChI is InChI=1S/C24H29N5O3S/c1-18(20-5-9-22(10-6-20)28-16-13-25-17-28)26-19(2)24(30)27-21-7-11-23(12-8-21)33(31,32)29-14-3-4-15-29/h5-13,16-19,26H,3-4,14-15H2,1-2H3,(H,27,30). The van der Waals surface area contributed by atoms with E-state index in [1.165, 1.54) is 4.31 Å². The van der Waals surface area contributed by atoms with E-state index in [2.05, 4.69) is 15.6 Å². The molecule has 1 saturated heterocycles. The van der Waals surface area contributed by atoms with Crippen molar-refractivity contribution < 1.29 is 13.2 Å². The van der Waals surface area contributed by atoms with Crippen LogP contribution in [0.25, 0.3) is 5.69 Å². The molecule has 2 heterocycles. The Morgan fingerprint density at radius 3 is 2.27 bits per heavy atom. The maximum absolute atomic E-state index is 12.7. The lowest BCUT2D eigenvalue weighted by atomic mass is 10.1. The van der Waals surface area contributed by atoms with Gasteiger partial charge in [-0.2, -0.15) is 4.31 Å². The number of amides is 1. The van der Waals surface area contributed by atoms with Crippen LogP contribution in [0.3, 0.4) is 0 Å². The fourth-order valence-corrected chi connectivity index (χ4v) is 5.45. The van der Waals surface area contributed by atoms with E-state index in [0.717, 1.165) is 24.1 Å². The largest absolute Gasteiger partial charge is 0.325 e. The maximum Gasteiger partial charge on any atom is 0.243 e. The highest BCUT2D eigenvalue weighted by atomic mass is 32.2. The third-order valence-corrected chi connectivity index (χ3v) is 7.83. The molecule has 8 nitrogen and oxygen atoms in total. The van der Waals surface area contributed by atoms with Crippen molar-refractivity contribution in [3.05, 3.63) is 72.8 Å². The number of hydrogen-bond donors (Lipinski definition) is 2. The molecular formula is C24H29N5O3S. The van der Waals surface area contributed by atoms with Crippen molar-refractivity contribution in [2.24, 2.45) is 0 Å². The van der Waals surface area contributed by atoms with Crippen LogP contribution in [0.1, 0.15) is 38.3 Å². The van der Waals surface area contributed by atoms with Crippen molar-refractivity contribution in [1.29, 1.82) is 0 Å². The van der Waals surface area contributed by atoms with Crippen LogP contribution in [0.2, 0.25) is 0 Å². The van der Waals surface area contributed by atoms with Gasteiger partial charge in [-0.3, -0.25) is 10.1 Å². The van der Waals surface area contributed by atoms with E-state index in [-0.39, 0.29) is 16.8 Å². The first kappa shape index (κ1) is 23.2.